The van der Waals surface area contributed by atoms with Gasteiger partial charge in [0, 0.05) is 24.2 Å². The number of nitrogens with zero attached hydrogens (tertiary/aromatic N) is 2. The quantitative estimate of drug-likeness (QED) is 0.636. The van der Waals surface area contributed by atoms with Crippen LogP contribution in [-0.2, 0) is 11.3 Å². The fourth-order valence-electron chi connectivity index (χ4n) is 4.70. The number of anilines is 1. The second-order valence-electron chi connectivity index (χ2n) is 7.91. The lowest BCUT2D eigenvalue weighted by atomic mass is 9.92. The third-order valence-electron chi connectivity index (χ3n) is 5.94. The topological polar surface area (TPSA) is 67.6 Å². The van der Waals surface area contributed by atoms with Gasteiger partial charge in [0.15, 0.2) is 6.17 Å². The van der Waals surface area contributed by atoms with Gasteiger partial charge in [-0.2, -0.15) is 0 Å². The highest BCUT2D eigenvalue weighted by atomic mass is 32.1. The molecule has 2 aliphatic rings. The average molecular weight is 412 g/mol. The third kappa shape index (κ3) is 3.13. The summed E-state index contributed by atoms with van der Waals surface area (Å²) in [6, 6.07) is 6.09. The van der Waals surface area contributed by atoms with E-state index in [4.69, 9.17) is 14.1 Å². The van der Waals surface area contributed by atoms with E-state index in [-0.39, 0.29) is 18.1 Å². The van der Waals surface area contributed by atoms with Gasteiger partial charge in [0.25, 0.3) is 5.91 Å². The number of carbonyl (C=O) groups is 1. The lowest BCUT2D eigenvalue weighted by Crippen LogP contribution is -2.48. The number of rotatable bonds is 4. The number of carbonyl (C=O) groups excluding carboxylic acids is 1. The van der Waals surface area contributed by atoms with Crippen LogP contribution in [-0.4, -0.2) is 28.9 Å². The Kier molecular flexibility index (Phi) is 4.80. The van der Waals surface area contributed by atoms with E-state index in [1.807, 2.05) is 30.0 Å². The number of amides is 1. The van der Waals surface area contributed by atoms with Gasteiger partial charge in [-0.1, -0.05) is 19.3 Å². The molecule has 0 spiro atoms. The van der Waals surface area contributed by atoms with Gasteiger partial charge in [0.05, 0.1) is 18.6 Å². The van der Waals surface area contributed by atoms with Crippen molar-refractivity contribution in [2.24, 2.45) is 0 Å². The van der Waals surface area contributed by atoms with E-state index in [9.17, 15) is 4.79 Å². The molecule has 152 valence electrons. The van der Waals surface area contributed by atoms with Crippen LogP contribution < -0.4 is 5.32 Å². The Balaban J connectivity index is 1.67. The first-order valence-electron chi connectivity index (χ1n) is 10.2. The Hall–Kier alpha value is -2.38. The minimum absolute atomic E-state index is 0.0797. The number of thiophene rings is 1. The Labute approximate surface area is 173 Å². The smallest absolute Gasteiger partial charge is 0.268 e. The van der Waals surface area contributed by atoms with Gasteiger partial charge in [-0.05, 0) is 43.5 Å². The minimum Gasteiger partial charge on any atom is -0.465 e. The van der Waals surface area contributed by atoms with Crippen molar-refractivity contribution in [2.45, 2.75) is 57.8 Å². The van der Waals surface area contributed by atoms with Crippen molar-refractivity contribution in [3.05, 3.63) is 46.4 Å². The third-order valence-corrected chi connectivity index (χ3v) is 7.01. The standard InChI is InChI=1S/C22H25N3O3S/c1-13-11-14(12-27-2)17-18-19(29-21(17)23-13)22(26)25(15-7-4-3-5-8-15)20(24-18)16-9-6-10-28-16/h6,9-11,15,20,24H,3-5,7-8,12H2,1-2H3. The molecule has 1 atom stereocenters. The highest BCUT2D eigenvalue weighted by molar-refractivity contribution is 7.21. The first-order valence-corrected chi connectivity index (χ1v) is 11.0. The number of methoxy groups -OCH3 is 1. The molecule has 6 nitrogen and oxygen atoms in total. The molecule has 1 N–H and O–H groups in total. The lowest BCUT2D eigenvalue weighted by molar-refractivity contribution is 0.0501. The number of fused-ring (bicyclic) bond motifs is 3. The van der Waals surface area contributed by atoms with E-state index in [2.05, 4.69) is 5.32 Å². The van der Waals surface area contributed by atoms with Crippen LogP contribution in [0.5, 0.6) is 0 Å². The van der Waals surface area contributed by atoms with Crippen molar-refractivity contribution >= 4 is 33.1 Å². The van der Waals surface area contributed by atoms with Crippen LogP contribution in [0.15, 0.2) is 28.9 Å². The van der Waals surface area contributed by atoms with E-state index in [1.165, 1.54) is 17.8 Å². The van der Waals surface area contributed by atoms with E-state index < -0.39 is 0 Å². The van der Waals surface area contributed by atoms with Crippen molar-refractivity contribution in [2.75, 3.05) is 12.4 Å². The highest BCUT2D eigenvalue weighted by Crippen LogP contribution is 2.46. The summed E-state index contributed by atoms with van der Waals surface area (Å²) in [6.07, 6.45) is 7.02. The van der Waals surface area contributed by atoms with Gasteiger partial charge in [-0.25, -0.2) is 4.98 Å². The molecule has 0 aromatic carbocycles. The maximum absolute atomic E-state index is 13.7. The second-order valence-corrected chi connectivity index (χ2v) is 8.91. The predicted molar refractivity (Wildman–Crippen MR) is 113 cm³/mol. The fraction of sp³-hybridized carbons (Fsp3) is 0.455. The summed E-state index contributed by atoms with van der Waals surface area (Å²) >= 11 is 1.48. The van der Waals surface area contributed by atoms with Crippen LogP contribution in [0.4, 0.5) is 5.69 Å². The fourth-order valence-corrected chi connectivity index (χ4v) is 5.88. The zero-order valence-electron chi connectivity index (χ0n) is 16.7. The summed E-state index contributed by atoms with van der Waals surface area (Å²) in [4.78, 5) is 22.1. The van der Waals surface area contributed by atoms with Crippen molar-refractivity contribution in [1.29, 1.82) is 0 Å². The van der Waals surface area contributed by atoms with Crippen LogP contribution in [0.2, 0.25) is 0 Å². The van der Waals surface area contributed by atoms with Crippen molar-refractivity contribution in [1.82, 2.24) is 9.88 Å². The molecule has 1 fully saturated rings. The van der Waals surface area contributed by atoms with Crippen LogP contribution in [0.3, 0.4) is 0 Å². The van der Waals surface area contributed by atoms with Crippen LogP contribution >= 0.6 is 11.3 Å². The number of aryl methyl sites for hydroxylation is 1. The van der Waals surface area contributed by atoms with Crippen LogP contribution in [0.25, 0.3) is 10.2 Å². The number of furan rings is 1. The zero-order valence-corrected chi connectivity index (χ0v) is 17.6. The molecular formula is C22H25N3O3S. The molecule has 0 radical (unpaired) electrons. The maximum Gasteiger partial charge on any atom is 0.268 e. The molecule has 1 saturated carbocycles. The Bertz CT molecular complexity index is 1040. The Morgan fingerprint density at radius 1 is 1.34 bits per heavy atom. The van der Waals surface area contributed by atoms with Gasteiger partial charge in [0.2, 0.25) is 0 Å². The summed E-state index contributed by atoms with van der Waals surface area (Å²) in [5.41, 5.74) is 2.85. The van der Waals surface area contributed by atoms with E-state index in [0.717, 1.165) is 63.5 Å². The molecule has 5 rings (SSSR count). The van der Waals surface area contributed by atoms with Crippen LogP contribution in [0, 0.1) is 6.92 Å². The van der Waals surface area contributed by atoms with Gasteiger partial charge in [0.1, 0.15) is 15.5 Å². The van der Waals surface area contributed by atoms with Crippen molar-refractivity contribution < 1.29 is 13.9 Å². The summed E-state index contributed by atoms with van der Waals surface area (Å²) in [5, 5.41) is 4.64. The molecule has 7 heteroatoms. The molecule has 4 heterocycles. The summed E-state index contributed by atoms with van der Waals surface area (Å²) in [5.74, 6) is 0.846. The van der Waals surface area contributed by atoms with Gasteiger partial charge < -0.3 is 19.4 Å². The molecule has 1 aliphatic carbocycles. The molecule has 0 saturated heterocycles. The Morgan fingerprint density at radius 2 is 2.17 bits per heavy atom. The normalized spacial score (nSPS) is 20.1. The number of pyridine rings is 1. The van der Waals surface area contributed by atoms with Gasteiger partial charge in [-0.3, -0.25) is 4.79 Å². The number of hydrogen-bond acceptors (Lipinski definition) is 6. The second kappa shape index (κ2) is 7.46. The van der Waals surface area contributed by atoms with Gasteiger partial charge >= 0.3 is 0 Å². The van der Waals surface area contributed by atoms with Crippen LogP contribution in [0.1, 0.15) is 65.0 Å². The number of hydrogen-bond donors (Lipinski definition) is 1. The molecular weight excluding hydrogens is 386 g/mol. The van der Waals surface area contributed by atoms with E-state index in [1.54, 1.807) is 13.4 Å². The summed E-state index contributed by atoms with van der Waals surface area (Å²) in [6.45, 7) is 2.46. The molecule has 3 aromatic heterocycles. The summed E-state index contributed by atoms with van der Waals surface area (Å²) in [7, 11) is 1.69. The summed E-state index contributed by atoms with van der Waals surface area (Å²) < 4.78 is 11.2. The number of ether oxygens (including phenoxy) is 1. The number of aromatic nitrogens is 1. The first-order chi connectivity index (χ1) is 14.2. The molecule has 1 amide bonds. The largest absolute Gasteiger partial charge is 0.465 e. The van der Waals surface area contributed by atoms with Crippen molar-refractivity contribution in [3.8, 4) is 0 Å². The highest BCUT2D eigenvalue weighted by Gasteiger charge is 2.41. The predicted octanol–water partition coefficient (Wildman–Crippen LogP) is 5.24. The molecule has 29 heavy (non-hydrogen) atoms. The monoisotopic (exact) mass is 411 g/mol. The maximum atomic E-state index is 13.7. The molecule has 1 aliphatic heterocycles. The van der Waals surface area contributed by atoms with Crippen molar-refractivity contribution in [3.63, 3.8) is 0 Å². The Morgan fingerprint density at radius 3 is 2.90 bits per heavy atom. The minimum atomic E-state index is -0.303. The SMILES string of the molecule is COCc1cc(C)nc2sc3c(c12)NC(c1ccco1)N(C1CCCCC1)C3=O. The first kappa shape index (κ1) is 18.6. The number of nitrogens with one attached hydrogen (secondary N) is 1. The average Bonchev–Trinajstić information content (AvgIpc) is 3.36. The van der Waals surface area contributed by atoms with E-state index in [0.29, 0.717) is 6.61 Å². The zero-order chi connectivity index (χ0) is 20.0. The van der Waals surface area contributed by atoms with E-state index >= 15 is 0 Å². The lowest BCUT2D eigenvalue weighted by Gasteiger charge is -2.42. The molecule has 0 bridgehead atoms. The molecule has 3 aromatic rings. The molecule has 1 unspecified atom stereocenters. The van der Waals surface area contributed by atoms with Gasteiger partial charge in [-0.15, -0.1) is 11.3 Å².